The number of rotatable bonds is 3. The van der Waals surface area contributed by atoms with Crippen LogP contribution in [-0.4, -0.2) is 29.6 Å². The van der Waals surface area contributed by atoms with E-state index in [0.29, 0.717) is 5.41 Å². The molecule has 0 fully saturated rings. The van der Waals surface area contributed by atoms with E-state index in [1.54, 1.807) is 0 Å². The van der Waals surface area contributed by atoms with Crippen molar-refractivity contribution in [3.63, 3.8) is 0 Å². The molecule has 0 aromatic rings. The molecule has 0 aliphatic carbocycles. The maximum absolute atomic E-state index is 2.38. The maximum atomic E-state index is 2.38. The Morgan fingerprint density at radius 2 is 1.77 bits per heavy atom. The first-order valence-corrected chi connectivity index (χ1v) is 5.18. The van der Waals surface area contributed by atoms with E-state index in [9.17, 15) is 0 Å². The smallest absolute Gasteiger partial charge is 0.0893 e. The fraction of sp³-hybridized carbons (Fsp3) is 0.818. The lowest BCUT2D eigenvalue weighted by molar-refractivity contribution is 0.205. The summed E-state index contributed by atoms with van der Waals surface area (Å²) in [5.74, 6) is 0. The average molecular weight is 182 g/mol. The molecule has 2 nitrogen and oxygen atoms in total. The van der Waals surface area contributed by atoms with E-state index < -0.39 is 0 Å². The molecule has 0 aromatic heterocycles. The van der Waals surface area contributed by atoms with Crippen molar-refractivity contribution in [1.82, 2.24) is 9.80 Å². The van der Waals surface area contributed by atoms with E-state index in [-0.39, 0.29) is 0 Å². The van der Waals surface area contributed by atoms with Crippen molar-refractivity contribution in [2.45, 2.75) is 34.1 Å². The van der Waals surface area contributed by atoms with Crippen LogP contribution >= 0.6 is 0 Å². The molecule has 0 saturated carbocycles. The Labute approximate surface area is 82.2 Å². The second-order valence-corrected chi connectivity index (χ2v) is 5.06. The van der Waals surface area contributed by atoms with Gasteiger partial charge in [-0.2, -0.15) is 0 Å². The highest BCUT2D eigenvalue weighted by atomic mass is 15.3. The lowest BCUT2D eigenvalue weighted by Crippen LogP contribution is -2.32. The van der Waals surface area contributed by atoms with Crippen molar-refractivity contribution in [3.05, 3.63) is 12.4 Å². The summed E-state index contributed by atoms with van der Waals surface area (Å²) in [5.41, 5.74) is 0.395. The van der Waals surface area contributed by atoms with Gasteiger partial charge < -0.3 is 9.80 Å². The molecule has 0 N–H and O–H groups in total. The predicted octanol–water partition coefficient (Wildman–Crippen LogP) is 2.49. The van der Waals surface area contributed by atoms with Gasteiger partial charge in [0, 0.05) is 25.5 Å². The van der Waals surface area contributed by atoms with Crippen LogP contribution < -0.4 is 0 Å². The van der Waals surface area contributed by atoms with Crippen LogP contribution in [0.4, 0.5) is 0 Å². The Balaban J connectivity index is 2.30. The van der Waals surface area contributed by atoms with Crippen molar-refractivity contribution in [2.24, 2.45) is 5.41 Å². The van der Waals surface area contributed by atoms with Crippen LogP contribution in [0.1, 0.15) is 34.1 Å². The number of hydrogen-bond acceptors (Lipinski definition) is 2. The molecule has 0 aromatic carbocycles. The van der Waals surface area contributed by atoms with E-state index in [0.717, 1.165) is 13.2 Å². The van der Waals surface area contributed by atoms with Gasteiger partial charge in [-0.1, -0.05) is 27.7 Å². The molecule has 0 unspecified atom stereocenters. The molecule has 0 radical (unpaired) electrons. The van der Waals surface area contributed by atoms with Gasteiger partial charge in [0.15, 0.2) is 0 Å². The van der Waals surface area contributed by atoms with E-state index in [1.165, 1.54) is 13.0 Å². The van der Waals surface area contributed by atoms with E-state index >= 15 is 0 Å². The molecule has 1 aliphatic rings. The van der Waals surface area contributed by atoms with Gasteiger partial charge in [-0.3, -0.25) is 0 Å². The second-order valence-electron chi connectivity index (χ2n) is 5.06. The molecule has 1 heterocycles. The van der Waals surface area contributed by atoms with E-state index in [2.05, 4.69) is 49.9 Å². The summed E-state index contributed by atoms with van der Waals surface area (Å²) in [6, 6.07) is 0. The summed E-state index contributed by atoms with van der Waals surface area (Å²) in [4.78, 5) is 4.75. The Morgan fingerprint density at radius 1 is 1.15 bits per heavy atom. The fourth-order valence-corrected chi connectivity index (χ4v) is 1.66. The van der Waals surface area contributed by atoms with Gasteiger partial charge in [0.2, 0.25) is 0 Å². The monoisotopic (exact) mass is 182 g/mol. The normalized spacial score (nSPS) is 17.2. The van der Waals surface area contributed by atoms with Gasteiger partial charge in [0.05, 0.1) is 6.67 Å². The van der Waals surface area contributed by atoms with Gasteiger partial charge in [0.25, 0.3) is 0 Å². The first kappa shape index (κ1) is 10.4. The van der Waals surface area contributed by atoms with Crippen molar-refractivity contribution in [1.29, 1.82) is 0 Å². The van der Waals surface area contributed by atoms with Crippen LogP contribution in [0, 0.1) is 5.41 Å². The van der Waals surface area contributed by atoms with Crippen LogP contribution in [0.25, 0.3) is 0 Å². The first-order chi connectivity index (χ1) is 6.01. The van der Waals surface area contributed by atoms with Crippen molar-refractivity contribution in [2.75, 3.05) is 19.8 Å². The molecule has 76 valence electrons. The molecule has 13 heavy (non-hydrogen) atoms. The summed E-state index contributed by atoms with van der Waals surface area (Å²) >= 11 is 0. The highest BCUT2D eigenvalue weighted by molar-refractivity contribution is 4.91. The van der Waals surface area contributed by atoms with Crippen molar-refractivity contribution >= 4 is 0 Å². The van der Waals surface area contributed by atoms with Gasteiger partial charge in [-0.05, 0) is 11.8 Å². The van der Waals surface area contributed by atoms with Crippen LogP contribution in [0.3, 0.4) is 0 Å². The fourth-order valence-electron chi connectivity index (χ4n) is 1.66. The largest absolute Gasteiger partial charge is 0.359 e. The molecule has 0 saturated heterocycles. The Morgan fingerprint density at radius 3 is 2.31 bits per heavy atom. The van der Waals surface area contributed by atoms with Crippen LogP contribution in [0.2, 0.25) is 0 Å². The quantitative estimate of drug-likeness (QED) is 0.661. The SMILES string of the molecule is CCCN1C=CN(CC(C)(C)C)C1. The first-order valence-electron chi connectivity index (χ1n) is 5.18. The van der Waals surface area contributed by atoms with Gasteiger partial charge in [-0.15, -0.1) is 0 Å². The van der Waals surface area contributed by atoms with Crippen LogP contribution in [0.15, 0.2) is 12.4 Å². The molecule has 0 spiro atoms. The third-order valence-corrected chi connectivity index (χ3v) is 2.04. The molecule has 1 aliphatic heterocycles. The minimum Gasteiger partial charge on any atom is -0.359 e. The number of nitrogens with zero attached hydrogens (tertiary/aromatic N) is 2. The zero-order valence-electron chi connectivity index (χ0n) is 9.38. The Kier molecular flexibility index (Phi) is 3.23. The summed E-state index contributed by atoms with van der Waals surface area (Å²) in [5, 5.41) is 0. The summed E-state index contributed by atoms with van der Waals surface area (Å²) < 4.78 is 0. The van der Waals surface area contributed by atoms with Crippen LogP contribution in [0.5, 0.6) is 0 Å². The molecule has 0 bridgehead atoms. The van der Waals surface area contributed by atoms with Gasteiger partial charge in [0.1, 0.15) is 0 Å². The summed E-state index contributed by atoms with van der Waals surface area (Å²) in [7, 11) is 0. The molecule has 0 amide bonds. The average Bonchev–Trinajstić information content (AvgIpc) is 2.33. The second kappa shape index (κ2) is 4.03. The maximum Gasteiger partial charge on any atom is 0.0893 e. The van der Waals surface area contributed by atoms with Gasteiger partial charge in [-0.25, -0.2) is 0 Å². The predicted molar refractivity (Wildman–Crippen MR) is 57.2 cm³/mol. The third-order valence-electron chi connectivity index (χ3n) is 2.04. The Bertz CT molecular complexity index is 179. The Hall–Kier alpha value is -0.660. The molecular formula is C11H22N2. The van der Waals surface area contributed by atoms with Crippen LogP contribution in [-0.2, 0) is 0 Å². The highest BCUT2D eigenvalue weighted by Gasteiger charge is 2.18. The van der Waals surface area contributed by atoms with E-state index in [1.807, 2.05) is 0 Å². The zero-order chi connectivity index (χ0) is 9.90. The standard InChI is InChI=1S/C11H22N2/c1-5-6-12-7-8-13(10-12)9-11(2,3)4/h7-8H,5-6,9-10H2,1-4H3. The molecule has 0 atom stereocenters. The zero-order valence-corrected chi connectivity index (χ0v) is 9.38. The molecule has 1 rings (SSSR count). The minimum atomic E-state index is 0.395. The topological polar surface area (TPSA) is 6.48 Å². The highest BCUT2D eigenvalue weighted by Crippen LogP contribution is 2.18. The summed E-state index contributed by atoms with van der Waals surface area (Å²) in [6.45, 7) is 12.5. The van der Waals surface area contributed by atoms with Gasteiger partial charge >= 0.3 is 0 Å². The van der Waals surface area contributed by atoms with E-state index in [4.69, 9.17) is 0 Å². The lowest BCUT2D eigenvalue weighted by Gasteiger charge is -2.27. The third kappa shape index (κ3) is 3.71. The minimum absolute atomic E-state index is 0.395. The summed E-state index contributed by atoms with van der Waals surface area (Å²) in [6.07, 6.45) is 5.64. The van der Waals surface area contributed by atoms with Crippen molar-refractivity contribution in [3.8, 4) is 0 Å². The number of hydrogen-bond donors (Lipinski definition) is 0. The lowest BCUT2D eigenvalue weighted by atomic mass is 9.96. The molecular weight excluding hydrogens is 160 g/mol. The molecule has 2 heteroatoms. The van der Waals surface area contributed by atoms with Crippen molar-refractivity contribution < 1.29 is 0 Å².